The Morgan fingerprint density at radius 3 is 2.12 bits per heavy atom. The van der Waals surface area contributed by atoms with Crippen LogP contribution < -0.4 is 4.74 Å². The highest BCUT2D eigenvalue weighted by molar-refractivity contribution is 5.73. The highest BCUT2D eigenvalue weighted by Crippen LogP contribution is 2.25. The van der Waals surface area contributed by atoms with E-state index in [-0.39, 0.29) is 0 Å². The van der Waals surface area contributed by atoms with Crippen LogP contribution in [0.15, 0.2) is 121 Å². The average molecular weight is 530 g/mol. The lowest BCUT2D eigenvalue weighted by Gasteiger charge is -2.16. The molecule has 0 fully saturated rings. The summed E-state index contributed by atoms with van der Waals surface area (Å²) in [7, 11) is 0. The van der Waals surface area contributed by atoms with Gasteiger partial charge in [0.15, 0.2) is 6.10 Å². The molecule has 5 aromatic rings. The normalized spacial score (nSPS) is 11.7. The predicted molar refractivity (Wildman–Crippen MR) is 161 cm³/mol. The van der Waals surface area contributed by atoms with E-state index in [2.05, 4.69) is 78.2 Å². The second kappa shape index (κ2) is 13.0. The molecular weight excluding hydrogens is 494 g/mol. The van der Waals surface area contributed by atoms with E-state index in [9.17, 15) is 9.90 Å². The van der Waals surface area contributed by atoms with Gasteiger partial charge in [-0.25, -0.2) is 4.79 Å². The van der Waals surface area contributed by atoms with Crippen molar-refractivity contribution < 1.29 is 14.6 Å². The summed E-state index contributed by atoms with van der Waals surface area (Å²) in [5.41, 5.74) is 8.65. The molecule has 0 aliphatic carbocycles. The van der Waals surface area contributed by atoms with Gasteiger partial charge in [0.05, 0.1) is 0 Å². The van der Waals surface area contributed by atoms with Gasteiger partial charge >= 0.3 is 5.97 Å². The fourth-order valence-corrected chi connectivity index (χ4v) is 5.21. The van der Waals surface area contributed by atoms with Crippen molar-refractivity contribution in [3.05, 3.63) is 149 Å². The maximum Gasteiger partial charge on any atom is 0.345 e. The second-order valence-electron chi connectivity index (χ2n) is 10.2. The molecule has 40 heavy (non-hydrogen) atoms. The van der Waals surface area contributed by atoms with Crippen LogP contribution in [-0.2, 0) is 37.0 Å². The number of nitrogens with zero attached hydrogens (tertiary/aromatic N) is 1. The van der Waals surface area contributed by atoms with Crippen molar-refractivity contribution in [1.82, 2.24) is 4.57 Å². The number of benzene rings is 4. The van der Waals surface area contributed by atoms with E-state index in [0.29, 0.717) is 12.2 Å². The van der Waals surface area contributed by atoms with Crippen LogP contribution in [0.25, 0.3) is 11.1 Å². The molecule has 0 saturated heterocycles. The van der Waals surface area contributed by atoms with E-state index in [1.165, 1.54) is 33.6 Å². The molecule has 5 rings (SSSR count). The molecule has 0 unspecified atom stereocenters. The molecule has 0 saturated carbocycles. The Kier molecular flexibility index (Phi) is 8.77. The van der Waals surface area contributed by atoms with Crippen molar-refractivity contribution in [3.8, 4) is 16.9 Å². The molecule has 0 aliphatic heterocycles. The number of hydrogen-bond acceptors (Lipinski definition) is 2. The number of ether oxygens (including phenoxy) is 1. The SMILES string of the molecule is Cc1ccc(CCc2ccccc2-c2ccccc2)n1CCc1ccc(O[C@H](Cc2ccccc2)C(=O)O)cc1. The molecule has 4 heteroatoms. The molecule has 1 N–H and O–H groups in total. The molecule has 4 nitrogen and oxygen atoms in total. The third kappa shape index (κ3) is 6.89. The van der Waals surface area contributed by atoms with Crippen LogP contribution in [0.5, 0.6) is 5.75 Å². The second-order valence-corrected chi connectivity index (χ2v) is 10.2. The number of aryl methyl sites for hydroxylation is 4. The molecule has 0 aliphatic rings. The first-order valence-electron chi connectivity index (χ1n) is 13.9. The van der Waals surface area contributed by atoms with Gasteiger partial charge in [0.2, 0.25) is 0 Å². The summed E-state index contributed by atoms with van der Waals surface area (Å²) in [6, 6.07) is 41.1. The van der Waals surface area contributed by atoms with Crippen LogP contribution in [0.4, 0.5) is 0 Å². The van der Waals surface area contributed by atoms with E-state index < -0.39 is 12.1 Å². The van der Waals surface area contributed by atoms with Crippen molar-refractivity contribution in [2.24, 2.45) is 0 Å². The van der Waals surface area contributed by atoms with Crippen LogP contribution in [0.3, 0.4) is 0 Å². The standard InChI is InChI=1S/C36H35NO3/c1-27-16-20-32(21-19-31-14-8-9-15-34(31)30-12-6-3-7-13-30)37(27)25-24-28-17-22-33(23-18-28)40-35(36(38)39)26-29-10-4-2-5-11-29/h2-18,20,22-23,35H,19,21,24-26H2,1H3,(H,38,39)/t35-/m1/s1. The minimum atomic E-state index is -0.963. The van der Waals surface area contributed by atoms with E-state index in [4.69, 9.17) is 4.74 Å². The van der Waals surface area contributed by atoms with E-state index in [1.54, 1.807) is 0 Å². The number of carbonyl (C=O) groups is 1. The number of rotatable bonds is 12. The summed E-state index contributed by atoms with van der Waals surface area (Å²) in [4.78, 5) is 11.8. The summed E-state index contributed by atoms with van der Waals surface area (Å²) >= 11 is 0. The zero-order valence-electron chi connectivity index (χ0n) is 22.9. The van der Waals surface area contributed by atoms with E-state index in [1.807, 2.05) is 54.6 Å². The van der Waals surface area contributed by atoms with Gasteiger partial charge in [-0.1, -0.05) is 97.1 Å². The lowest BCUT2D eigenvalue weighted by Crippen LogP contribution is -2.29. The minimum Gasteiger partial charge on any atom is -0.478 e. The Bertz CT molecular complexity index is 1520. The Morgan fingerprint density at radius 2 is 1.40 bits per heavy atom. The first-order valence-corrected chi connectivity index (χ1v) is 13.9. The van der Waals surface area contributed by atoms with Gasteiger partial charge in [0.25, 0.3) is 0 Å². The van der Waals surface area contributed by atoms with Gasteiger partial charge in [-0.3, -0.25) is 0 Å². The molecule has 0 spiro atoms. The first-order chi connectivity index (χ1) is 19.6. The fraction of sp³-hybridized carbons (Fsp3) is 0.194. The van der Waals surface area contributed by atoms with Gasteiger partial charge in [0.1, 0.15) is 5.75 Å². The van der Waals surface area contributed by atoms with Crippen LogP contribution in [0.1, 0.15) is 28.1 Å². The predicted octanol–water partition coefficient (Wildman–Crippen LogP) is 7.57. The highest BCUT2D eigenvalue weighted by atomic mass is 16.5. The van der Waals surface area contributed by atoms with Gasteiger partial charge in [0, 0.05) is 24.4 Å². The van der Waals surface area contributed by atoms with Crippen LogP contribution in [0, 0.1) is 6.92 Å². The minimum absolute atomic E-state index is 0.323. The molecule has 4 aromatic carbocycles. The summed E-state index contributed by atoms with van der Waals surface area (Å²) in [5.74, 6) is -0.392. The monoisotopic (exact) mass is 529 g/mol. The van der Waals surface area contributed by atoms with Gasteiger partial charge in [-0.05, 0) is 78.3 Å². The fourth-order valence-electron chi connectivity index (χ4n) is 5.21. The summed E-state index contributed by atoms with van der Waals surface area (Å²) in [6.45, 7) is 3.05. The third-order valence-electron chi connectivity index (χ3n) is 7.41. The Hall–Kier alpha value is -4.57. The number of aliphatic carboxylic acids is 1. The summed E-state index contributed by atoms with van der Waals surface area (Å²) < 4.78 is 8.25. The zero-order chi connectivity index (χ0) is 27.7. The Balaban J connectivity index is 1.20. The molecule has 202 valence electrons. The quantitative estimate of drug-likeness (QED) is 0.181. The smallest absolute Gasteiger partial charge is 0.345 e. The molecule has 0 amide bonds. The number of hydrogen-bond donors (Lipinski definition) is 1. The van der Waals surface area contributed by atoms with Crippen LogP contribution in [-0.4, -0.2) is 21.7 Å². The zero-order valence-corrected chi connectivity index (χ0v) is 22.9. The van der Waals surface area contributed by atoms with Crippen LogP contribution in [0.2, 0.25) is 0 Å². The van der Waals surface area contributed by atoms with E-state index in [0.717, 1.165) is 31.4 Å². The van der Waals surface area contributed by atoms with E-state index >= 15 is 0 Å². The highest BCUT2D eigenvalue weighted by Gasteiger charge is 2.20. The Morgan fingerprint density at radius 1 is 0.725 bits per heavy atom. The van der Waals surface area contributed by atoms with Crippen molar-refractivity contribution >= 4 is 5.97 Å². The van der Waals surface area contributed by atoms with Crippen molar-refractivity contribution in [3.63, 3.8) is 0 Å². The maximum absolute atomic E-state index is 11.8. The Labute approximate surface area is 236 Å². The lowest BCUT2D eigenvalue weighted by molar-refractivity contribution is -0.145. The van der Waals surface area contributed by atoms with Crippen molar-refractivity contribution in [2.45, 2.75) is 45.3 Å². The molecular formula is C36H35NO3. The van der Waals surface area contributed by atoms with Crippen LogP contribution >= 0.6 is 0 Å². The lowest BCUT2D eigenvalue weighted by atomic mass is 9.96. The molecule has 1 atom stereocenters. The third-order valence-corrected chi connectivity index (χ3v) is 7.41. The van der Waals surface area contributed by atoms with Gasteiger partial charge in [-0.2, -0.15) is 0 Å². The van der Waals surface area contributed by atoms with Gasteiger partial charge < -0.3 is 14.4 Å². The molecule has 0 bridgehead atoms. The van der Waals surface area contributed by atoms with Gasteiger partial charge in [-0.15, -0.1) is 0 Å². The molecule has 1 aromatic heterocycles. The maximum atomic E-state index is 11.8. The molecule has 1 heterocycles. The number of aromatic nitrogens is 1. The summed E-state index contributed by atoms with van der Waals surface area (Å²) in [5, 5.41) is 9.65. The largest absolute Gasteiger partial charge is 0.478 e. The topological polar surface area (TPSA) is 51.5 Å². The number of carboxylic acid groups (broad SMARTS) is 1. The van der Waals surface area contributed by atoms with Crippen molar-refractivity contribution in [2.75, 3.05) is 0 Å². The summed E-state index contributed by atoms with van der Waals surface area (Å²) in [6.07, 6.45) is 2.24. The average Bonchev–Trinajstić information content (AvgIpc) is 3.35. The number of carboxylic acids is 1. The first kappa shape index (κ1) is 27.0. The van der Waals surface area contributed by atoms with Crippen molar-refractivity contribution in [1.29, 1.82) is 0 Å². The molecule has 0 radical (unpaired) electrons.